The standard InChI is InChI=1S/C7H9Cl2NO3/c8-5-2-1-4(7(9)11)3-6(5)10(12)13/h4-6H,1-3H2. The molecular weight excluding hydrogens is 217 g/mol. The summed E-state index contributed by atoms with van der Waals surface area (Å²) in [6.45, 7) is 0. The maximum atomic E-state index is 10.8. The Morgan fingerprint density at radius 3 is 2.54 bits per heavy atom. The van der Waals surface area contributed by atoms with Crippen LogP contribution >= 0.6 is 23.2 Å². The van der Waals surface area contributed by atoms with Gasteiger partial charge in [-0.15, -0.1) is 11.6 Å². The Kier molecular flexibility index (Phi) is 3.50. The molecule has 3 atom stereocenters. The lowest BCUT2D eigenvalue weighted by Crippen LogP contribution is -2.37. The first kappa shape index (κ1) is 10.7. The Hall–Kier alpha value is -0.350. The lowest BCUT2D eigenvalue weighted by Gasteiger charge is -2.25. The predicted molar refractivity (Wildman–Crippen MR) is 48.6 cm³/mol. The summed E-state index contributed by atoms with van der Waals surface area (Å²) in [5.41, 5.74) is 0. The highest BCUT2D eigenvalue weighted by Crippen LogP contribution is 2.30. The minimum atomic E-state index is -0.830. The molecule has 0 bridgehead atoms. The molecule has 1 rings (SSSR count). The normalized spacial score (nSPS) is 34.2. The van der Waals surface area contributed by atoms with Gasteiger partial charge in [-0.25, -0.2) is 0 Å². The molecule has 0 aliphatic heterocycles. The second kappa shape index (κ2) is 4.24. The number of carbonyl (C=O) groups is 1. The number of hydrogen-bond donors (Lipinski definition) is 0. The average molecular weight is 226 g/mol. The maximum Gasteiger partial charge on any atom is 0.230 e. The van der Waals surface area contributed by atoms with Crippen molar-refractivity contribution in [2.75, 3.05) is 0 Å². The molecule has 6 heteroatoms. The van der Waals surface area contributed by atoms with Crippen molar-refractivity contribution in [1.82, 2.24) is 0 Å². The summed E-state index contributed by atoms with van der Waals surface area (Å²) < 4.78 is 0. The van der Waals surface area contributed by atoms with Crippen LogP contribution in [-0.4, -0.2) is 21.6 Å². The molecule has 0 amide bonds. The first-order valence-corrected chi connectivity index (χ1v) is 4.80. The Balaban J connectivity index is 2.63. The Morgan fingerprint density at radius 2 is 2.08 bits per heavy atom. The number of carbonyl (C=O) groups excluding carboxylic acids is 1. The van der Waals surface area contributed by atoms with Crippen LogP contribution in [0.1, 0.15) is 19.3 Å². The van der Waals surface area contributed by atoms with E-state index in [9.17, 15) is 14.9 Å². The number of nitrogens with zero attached hydrogens (tertiary/aromatic N) is 1. The molecule has 1 aliphatic rings. The molecule has 0 aromatic heterocycles. The van der Waals surface area contributed by atoms with Crippen molar-refractivity contribution in [1.29, 1.82) is 0 Å². The van der Waals surface area contributed by atoms with Crippen LogP contribution in [-0.2, 0) is 4.79 Å². The first-order chi connectivity index (χ1) is 6.02. The minimum absolute atomic E-state index is 0.170. The Morgan fingerprint density at radius 1 is 1.46 bits per heavy atom. The van der Waals surface area contributed by atoms with Gasteiger partial charge in [-0.05, 0) is 24.4 Å². The molecule has 0 aromatic rings. The van der Waals surface area contributed by atoms with Crippen molar-refractivity contribution in [3.63, 3.8) is 0 Å². The van der Waals surface area contributed by atoms with Crippen molar-refractivity contribution in [3.05, 3.63) is 10.1 Å². The van der Waals surface area contributed by atoms with Gasteiger partial charge in [0, 0.05) is 17.3 Å². The molecule has 1 saturated carbocycles. The minimum Gasteiger partial charge on any atom is -0.281 e. The van der Waals surface area contributed by atoms with Gasteiger partial charge in [0.25, 0.3) is 0 Å². The summed E-state index contributed by atoms with van der Waals surface area (Å²) in [7, 11) is 0. The number of alkyl halides is 1. The summed E-state index contributed by atoms with van der Waals surface area (Å²) >= 11 is 11.0. The van der Waals surface area contributed by atoms with Crippen LogP contribution in [0.25, 0.3) is 0 Å². The van der Waals surface area contributed by atoms with Crippen LogP contribution in [0.2, 0.25) is 0 Å². The second-order valence-corrected chi connectivity index (χ2v) is 4.12. The van der Waals surface area contributed by atoms with E-state index in [4.69, 9.17) is 23.2 Å². The van der Waals surface area contributed by atoms with Crippen molar-refractivity contribution in [3.8, 4) is 0 Å². The van der Waals surface area contributed by atoms with E-state index in [1.54, 1.807) is 0 Å². The molecule has 0 heterocycles. The monoisotopic (exact) mass is 225 g/mol. The zero-order chi connectivity index (χ0) is 10.0. The summed E-state index contributed by atoms with van der Waals surface area (Å²) in [5.74, 6) is -0.396. The van der Waals surface area contributed by atoms with E-state index in [1.807, 2.05) is 0 Å². The zero-order valence-electron chi connectivity index (χ0n) is 6.78. The fraction of sp³-hybridized carbons (Fsp3) is 0.857. The molecule has 4 nitrogen and oxygen atoms in total. The van der Waals surface area contributed by atoms with Gasteiger partial charge in [0.15, 0.2) is 0 Å². The van der Waals surface area contributed by atoms with Gasteiger partial charge in [-0.2, -0.15) is 0 Å². The van der Waals surface area contributed by atoms with E-state index in [-0.39, 0.29) is 6.42 Å². The van der Waals surface area contributed by atoms with Crippen LogP contribution in [0.15, 0.2) is 0 Å². The number of hydrogen-bond acceptors (Lipinski definition) is 3. The molecule has 0 saturated heterocycles. The van der Waals surface area contributed by atoms with Gasteiger partial charge in [0.1, 0.15) is 5.38 Å². The molecule has 74 valence electrons. The average Bonchev–Trinajstić information content (AvgIpc) is 2.04. The van der Waals surface area contributed by atoms with Crippen LogP contribution in [0.5, 0.6) is 0 Å². The van der Waals surface area contributed by atoms with Crippen molar-refractivity contribution >= 4 is 28.4 Å². The van der Waals surface area contributed by atoms with Gasteiger partial charge in [0.2, 0.25) is 11.3 Å². The molecule has 3 unspecified atom stereocenters. The smallest absolute Gasteiger partial charge is 0.230 e. The van der Waals surface area contributed by atoms with Gasteiger partial charge in [0.05, 0.1) is 0 Å². The van der Waals surface area contributed by atoms with E-state index >= 15 is 0 Å². The third kappa shape index (κ3) is 2.54. The van der Waals surface area contributed by atoms with Crippen LogP contribution in [0.4, 0.5) is 0 Å². The van der Waals surface area contributed by atoms with Crippen LogP contribution in [0.3, 0.4) is 0 Å². The van der Waals surface area contributed by atoms with Crippen molar-refractivity contribution in [2.45, 2.75) is 30.7 Å². The van der Waals surface area contributed by atoms with Gasteiger partial charge in [-0.1, -0.05) is 0 Å². The third-order valence-corrected chi connectivity index (χ3v) is 3.14. The maximum absolute atomic E-state index is 10.8. The first-order valence-electron chi connectivity index (χ1n) is 3.99. The second-order valence-electron chi connectivity index (χ2n) is 3.18. The largest absolute Gasteiger partial charge is 0.281 e. The Labute approximate surface area is 85.3 Å². The Bertz CT molecular complexity index is 234. The molecule has 1 aliphatic carbocycles. The number of nitro groups is 1. The highest BCUT2D eigenvalue weighted by Gasteiger charge is 2.39. The lowest BCUT2D eigenvalue weighted by atomic mass is 9.86. The number of halogens is 2. The van der Waals surface area contributed by atoms with Gasteiger partial charge < -0.3 is 0 Å². The molecule has 13 heavy (non-hydrogen) atoms. The molecule has 1 fully saturated rings. The van der Waals surface area contributed by atoms with Crippen molar-refractivity contribution < 1.29 is 9.72 Å². The fourth-order valence-electron chi connectivity index (χ4n) is 1.53. The van der Waals surface area contributed by atoms with E-state index in [0.717, 1.165) is 0 Å². The fourth-order valence-corrected chi connectivity index (χ4v) is 2.05. The number of rotatable bonds is 2. The summed E-state index contributed by atoms with van der Waals surface area (Å²) in [6.07, 6.45) is 1.21. The molecule has 0 spiro atoms. The molecule has 0 radical (unpaired) electrons. The third-order valence-electron chi connectivity index (χ3n) is 2.33. The topological polar surface area (TPSA) is 60.2 Å². The quantitative estimate of drug-likeness (QED) is 0.312. The SMILES string of the molecule is O=C(Cl)C1CCC(Cl)C([N+](=O)[O-])C1. The van der Waals surface area contributed by atoms with E-state index in [0.29, 0.717) is 12.8 Å². The van der Waals surface area contributed by atoms with Gasteiger partial charge >= 0.3 is 0 Å². The lowest BCUT2D eigenvalue weighted by molar-refractivity contribution is -0.526. The summed E-state index contributed by atoms with van der Waals surface area (Å²) in [5, 5.41) is 9.54. The van der Waals surface area contributed by atoms with Crippen LogP contribution in [0, 0.1) is 16.0 Å². The highest BCUT2D eigenvalue weighted by atomic mass is 35.5. The molecular formula is C7H9Cl2NO3. The highest BCUT2D eigenvalue weighted by molar-refractivity contribution is 6.64. The predicted octanol–water partition coefficient (Wildman–Crippen LogP) is 1.80. The van der Waals surface area contributed by atoms with E-state index in [1.165, 1.54) is 0 Å². The van der Waals surface area contributed by atoms with Crippen molar-refractivity contribution in [2.24, 2.45) is 5.92 Å². The zero-order valence-corrected chi connectivity index (χ0v) is 8.29. The van der Waals surface area contributed by atoms with E-state index < -0.39 is 27.5 Å². The molecule has 0 N–H and O–H groups in total. The van der Waals surface area contributed by atoms with Gasteiger partial charge in [-0.3, -0.25) is 14.9 Å². The van der Waals surface area contributed by atoms with Crippen LogP contribution < -0.4 is 0 Å². The molecule has 0 aromatic carbocycles. The summed E-state index contributed by atoms with van der Waals surface area (Å²) in [6, 6.07) is -0.830. The summed E-state index contributed by atoms with van der Waals surface area (Å²) in [4.78, 5) is 20.8. The van der Waals surface area contributed by atoms with E-state index in [2.05, 4.69) is 0 Å².